The molecule has 1 saturated heterocycles. The third-order valence-electron chi connectivity index (χ3n) is 2.60. The molecule has 88 valence electrons. The molecule has 1 heterocycles. The molecule has 5 heteroatoms. The molecule has 1 aliphatic rings. The van der Waals surface area contributed by atoms with Gasteiger partial charge in [-0.1, -0.05) is 0 Å². The van der Waals surface area contributed by atoms with Gasteiger partial charge in [-0.3, -0.25) is 4.79 Å². The van der Waals surface area contributed by atoms with Gasteiger partial charge in [0.15, 0.2) is 6.10 Å². The van der Waals surface area contributed by atoms with E-state index in [1.807, 2.05) is 0 Å². The summed E-state index contributed by atoms with van der Waals surface area (Å²) >= 11 is 0. The molecule has 2 atom stereocenters. The standard InChI is InChI=1S/C10H19NO4/c1-7(12)10(2,3)11-9(13)8-6-14-4-5-15-8/h7-8,12H,4-6H2,1-3H3,(H,11,13). The van der Waals surface area contributed by atoms with E-state index in [0.29, 0.717) is 13.2 Å². The molecular formula is C10H19NO4. The van der Waals surface area contributed by atoms with Gasteiger partial charge in [-0.25, -0.2) is 0 Å². The average molecular weight is 217 g/mol. The maximum Gasteiger partial charge on any atom is 0.252 e. The van der Waals surface area contributed by atoms with E-state index in [4.69, 9.17) is 9.47 Å². The van der Waals surface area contributed by atoms with E-state index in [2.05, 4.69) is 5.32 Å². The minimum Gasteiger partial charge on any atom is -0.391 e. The van der Waals surface area contributed by atoms with Crippen LogP contribution in [0.2, 0.25) is 0 Å². The lowest BCUT2D eigenvalue weighted by Gasteiger charge is -2.32. The summed E-state index contributed by atoms with van der Waals surface area (Å²) in [7, 11) is 0. The van der Waals surface area contributed by atoms with Crippen LogP contribution in [0.4, 0.5) is 0 Å². The van der Waals surface area contributed by atoms with Crippen LogP contribution in [0.1, 0.15) is 20.8 Å². The quantitative estimate of drug-likeness (QED) is 0.679. The summed E-state index contributed by atoms with van der Waals surface area (Å²) < 4.78 is 10.4. The van der Waals surface area contributed by atoms with E-state index in [1.54, 1.807) is 20.8 Å². The van der Waals surface area contributed by atoms with Crippen LogP contribution in [-0.2, 0) is 14.3 Å². The summed E-state index contributed by atoms with van der Waals surface area (Å²) in [6.07, 6.45) is -1.18. The molecule has 15 heavy (non-hydrogen) atoms. The normalized spacial score (nSPS) is 24.7. The maximum absolute atomic E-state index is 11.7. The van der Waals surface area contributed by atoms with Crippen molar-refractivity contribution in [3.05, 3.63) is 0 Å². The predicted molar refractivity (Wildman–Crippen MR) is 54.5 cm³/mol. The van der Waals surface area contributed by atoms with Crippen molar-refractivity contribution in [1.29, 1.82) is 0 Å². The number of hydrogen-bond acceptors (Lipinski definition) is 4. The first-order valence-electron chi connectivity index (χ1n) is 5.13. The molecule has 0 aliphatic carbocycles. The molecule has 0 aromatic carbocycles. The van der Waals surface area contributed by atoms with Crippen LogP contribution in [0.15, 0.2) is 0 Å². The Morgan fingerprint density at radius 2 is 2.20 bits per heavy atom. The van der Waals surface area contributed by atoms with Gasteiger partial charge in [-0.2, -0.15) is 0 Å². The number of carbonyl (C=O) groups excluding carboxylic acids is 1. The number of aliphatic hydroxyl groups excluding tert-OH is 1. The van der Waals surface area contributed by atoms with Crippen molar-refractivity contribution in [3.63, 3.8) is 0 Å². The highest BCUT2D eigenvalue weighted by Crippen LogP contribution is 2.10. The molecule has 0 saturated carbocycles. The molecule has 0 aromatic heterocycles. The Morgan fingerprint density at radius 1 is 1.53 bits per heavy atom. The van der Waals surface area contributed by atoms with Gasteiger partial charge in [0, 0.05) is 0 Å². The molecule has 1 fully saturated rings. The number of aliphatic hydroxyl groups is 1. The van der Waals surface area contributed by atoms with E-state index >= 15 is 0 Å². The first-order valence-corrected chi connectivity index (χ1v) is 5.13. The third-order valence-corrected chi connectivity index (χ3v) is 2.60. The van der Waals surface area contributed by atoms with Crippen LogP contribution in [0.5, 0.6) is 0 Å². The Hall–Kier alpha value is -0.650. The molecule has 1 rings (SSSR count). The number of carbonyl (C=O) groups is 1. The lowest BCUT2D eigenvalue weighted by Crippen LogP contribution is -2.55. The maximum atomic E-state index is 11.7. The van der Waals surface area contributed by atoms with Gasteiger partial charge < -0.3 is 19.9 Å². The summed E-state index contributed by atoms with van der Waals surface area (Å²) in [5.41, 5.74) is -0.655. The Bertz CT molecular complexity index is 221. The highest BCUT2D eigenvalue weighted by Gasteiger charge is 2.31. The Labute approximate surface area is 89.8 Å². The van der Waals surface area contributed by atoms with Crippen LogP contribution in [0, 0.1) is 0 Å². The van der Waals surface area contributed by atoms with Crippen LogP contribution < -0.4 is 5.32 Å². The SMILES string of the molecule is CC(O)C(C)(C)NC(=O)C1COCCO1. The fourth-order valence-electron chi connectivity index (χ4n) is 1.14. The monoisotopic (exact) mass is 217 g/mol. The molecule has 1 amide bonds. The second-order valence-electron chi connectivity index (χ2n) is 4.32. The van der Waals surface area contributed by atoms with Crippen LogP contribution in [-0.4, -0.2) is 48.6 Å². The Morgan fingerprint density at radius 3 is 2.67 bits per heavy atom. The molecule has 0 bridgehead atoms. The number of ether oxygens (including phenoxy) is 2. The fourth-order valence-corrected chi connectivity index (χ4v) is 1.14. The Balaban J connectivity index is 2.47. The van der Waals surface area contributed by atoms with E-state index in [1.165, 1.54) is 0 Å². The minimum atomic E-state index is -0.655. The second-order valence-corrected chi connectivity index (χ2v) is 4.32. The van der Waals surface area contributed by atoms with Crippen LogP contribution in [0.25, 0.3) is 0 Å². The highest BCUT2D eigenvalue weighted by atomic mass is 16.6. The van der Waals surface area contributed by atoms with Gasteiger partial charge >= 0.3 is 0 Å². The van der Waals surface area contributed by atoms with Gasteiger partial charge in [-0.05, 0) is 20.8 Å². The lowest BCUT2D eigenvalue weighted by molar-refractivity contribution is -0.150. The zero-order chi connectivity index (χ0) is 11.5. The number of amides is 1. The largest absolute Gasteiger partial charge is 0.391 e. The first kappa shape index (κ1) is 12.4. The van der Waals surface area contributed by atoms with Gasteiger partial charge in [0.2, 0.25) is 0 Å². The van der Waals surface area contributed by atoms with Crippen molar-refractivity contribution in [1.82, 2.24) is 5.32 Å². The second kappa shape index (κ2) is 4.92. The third kappa shape index (κ3) is 3.44. The van der Waals surface area contributed by atoms with Crippen molar-refractivity contribution in [2.45, 2.75) is 38.5 Å². The summed E-state index contributed by atoms with van der Waals surface area (Å²) in [5, 5.41) is 12.2. The molecule has 2 N–H and O–H groups in total. The molecule has 0 radical (unpaired) electrons. The summed E-state index contributed by atoms with van der Waals surface area (Å²) in [6.45, 7) is 6.41. The number of hydrogen-bond donors (Lipinski definition) is 2. The van der Waals surface area contributed by atoms with E-state index < -0.39 is 17.7 Å². The number of rotatable bonds is 3. The molecule has 1 aliphatic heterocycles. The topological polar surface area (TPSA) is 67.8 Å². The van der Waals surface area contributed by atoms with Gasteiger partial charge in [0.05, 0.1) is 31.5 Å². The van der Waals surface area contributed by atoms with Crippen LogP contribution >= 0.6 is 0 Å². The molecule has 5 nitrogen and oxygen atoms in total. The molecule has 0 aromatic rings. The summed E-state index contributed by atoms with van der Waals surface area (Å²) in [6, 6.07) is 0. The molecular weight excluding hydrogens is 198 g/mol. The average Bonchev–Trinajstić information content (AvgIpc) is 2.18. The van der Waals surface area contributed by atoms with Crippen molar-refractivity contribution >= 4 is 5.91 Å². The first-order chi connectivity index (χ1) is 6.93. The van der Waals surface area contributed by atoms with Crippen molar-refractivity contribution in [2.75, 3.05) is 19.8 Å². The lowest BCUT2D eigenvalue weighted by atomic mass is 9.98. The smallest absolute Gasteiger partial charge is 0.252 e. The summed E-state index contributed by atoms with van der Waals surface area (Å²) in [5.74, 6) is -0.236. The fraction of sp³-hybridized carbons (Fsp3) is 0.900. The zero-order valence-corrected chi connectivity index (χ0v) is 9.45. The van der Waals surface area contributed by atoms with Crippen molar-refractivity contribution in [3.8, 4) is 0 Å². The minimum absolute atomic E-state index is 0.236. The molecule has 0 spiro atoms. The van der Waals surface area contributed by atoms with E-state index in [-0.39, 0.29) is 12.5 Å². The van der Waals surface area contributed by atoms with Gasteiger partial charge in [0.1, 0.15) is 0 Å². The molecule has 2 unspecified atom stereocenters. The summed E-state index contributed by atoms with van der Waals surface area (Å²) in [4.78, 5) is 11.7. The van der Waals surface area contributed by atoms with Crippen molar-refractivity contribution in [2.24, 2.45) is 0 Å². The van der Waals surface area contributed by atoms with Gasteiger partial charge in [-0.15, -0.1) is 0 Å². The zero-order valence-electron chi connectivity index (χ0n) is 9.45. The van der Waals surface area contributed by atoms with Gasteiger partial charge in [0.25, 0.3) is 5.91 Å². The van der Waals surface area contributed by atoms with E-state index in [9.17, 15) is 9.90 Å². The Kier molecular flexibility index (Phi) is 4.07. The van der Waals surface area contributed by atoms with Crippen LogP contribution in [0.3, 0.4) is 0 Å². The predicted octanol–water partition coefficient (Wildman–Crippen LogP) is -0.323. The van der Waals surface area contributed by atoms with Crippen molar-refractivity contribution < 1.29 is 19.4 Å². The number of nitrogens with one attached hydrogen (secondary N) is 1. The van der Waals surface area contributed by atoms with E-state index in [0.717, 1.165) is 0 Å². The highest BCUT2D eigenvalue weighted by molar-refractivity contribution is 5.81.